The molecule has 234 valence electrons. The van der Waals surface area contributed by atoms with Crippen LogP contribution in [0.5, 0.6) is 5.75 Å². The highest BCUT2D eigenvalue weighted by Crippen LogP contribution is 2.39. The van der Waals surface area contributed by atoms with E-state index in [0.717, 1.165) is 6.42 Å². The normalized spacial score (nSPS) is 17.7. The number of carbonyl (C=O) groups is 6. The number of carbonyl (C=O) groups excluding carboxylic acids is 6. The van der Waals surface area contributed by atoms with Gasteiger partial charge in [-0.3, -0.25) is 29.3 Å². The molecule has 13 heteroatoms. The van der Waals surface area contributed by atoms with E-state index in [4.69, 9.17) is 18.9 Å². The van der Waals surface area contributed by atoms with E-state index in [1.807, 2.05) is 6.92 Å². The van der Waals surface area contributed by atoms with Crippen molar-refractivity contribution in [1.82, 2.24) is 15.5 Å². The Morgan fingerprint density at radius 2 is 1.68 bits per heavy atom. The number of amides is 5. The Morgan fingerprint density at radius 3 is 2.41 bits per heavy atom. The van der Waals surface area contributed by atoms with E-state index in [-0.39, 0.29) is 29.9 Å². The third kappa shape index (κ3) is 7.29. The van der Waals surface area contributed by atoms with Gasteiger partial charge in [0.25, 0.3) is 23.6 Å². The lowest BCUT2D eigenvalue weighted by Crippen LogP contribution is -2.68. The second-order valence-corrected chi connectivity index (χ2v) is 10.1. The van der Waals surface area contributed by atoms with Gasteiger partial charge in [0.1, 0.15) is 12.4 Å². The first-order valence-electron chi connectivity index (χ1n) is 14.4. The molecule has 0 saturated carbocycles. The van der Waals surface area contributed by atoms with E-state index in [0.29, 0.717) is 49.9 Å². The Hall–Kier alpha value is -4.62. The van der Waals surface area contributed by atoms with Crippen LogP contribution in [0.1, 0.15) is 58.9 Å². The Morgan fingerprint density at radius 1 is 0.932 bits per heavy atom. The molecule has 1 unspecified atom stereocenters. The molecule has 4 rings (SSSR count). The molecule has 2 aromatic rings. The number of nitrogens with one attached hydrogen (secondary N) is 2. The molecule has 0 radical (unpaired) electrons. The molecule has 2 N–H and O–H groups in total. The maximum atomic E-state index is 13.8. The highest BCUT2D eigenvalue weighted by atomic mass is 16.5. The first-order chi connectivity index (χ1) is 21.3. The summed E-state index contributed by atoms with van der Waals surface area (Å²) in [6, 6.07) is 12.8. The zero-order valence-electron chi connectivity index (χ0n) is 24.4. The molecular formula is C31H35N3O10. The predicted octanol–water partition coefficient (Wildman–Crippen LogP) is 1.53. The van der Waals surface area contributed by atoms with Crippen LogP contribution in [0.15, 0.2) is 48.5 Å². The smallest absolute Gasteiger partial charge is 0.342 e. The molecule has 0 bridgehead atoms. The third-order valence-corrected chi connectivity index (χ3v) is 7.02. The van der Waals surface area contributed by atoms with Gasteiger partial charge in [-0.25, -0.2) is 9.69 Å². The van der Waals surface area contributed by atoms with E-state index >= 15 is 0 Å². The molecule has 0 spiro atoms. The maximum absolute atomic E-state index is 13.8. The van der Waals surface area contributed by atoms with Crippen LogP contribution in [0.2, 0.25) is 0 Å². The predicted molar refractivity (Wildman–Crippen MR) is 153 cm³/mol. The number of nitrogens with zero attached hydrogens (tertiary/aromatic N) is 1. The van der Waals surface area contributed by atoms with E-state index < -0.39 is 54.1 Å². The van der Waals surface area contributed by atoms with Crippen molar-refractivity contribution in [2.24, 2.45) is 0 Å². The van der Waals surface area contributed by atoms with Gasteiger partial charge in [0.05, 0.1) is 24.3 Å². The Labute approximate surface area is 254 Å². The monoisotopic (exact) mass is 609 g/mol. The number of piperidine rings is 1. The van der Waals surface area contributed by atoms with Crippen molar-refractivity contribution in [3.63, 3.8) is 0 Å². The van der Waals surface area contributed by atoms with Gasteiger partial charge < -0.3 is 24.3 Å². The second kappa shape index (κ2) is 15.2. The molecule has 0 aliphatic carbocycles. The molecule has 1 fully saturated rings. The number of rotatable bonds is 16. The van der Waals surface area contributed by atoms with Gasteiger partial charge in [0.2, 0.25) is 11.4 Å². The number of hydrogen-bond donors (Lipinski definition) is 2. The quantitative estimate of drug-likeness (QED) is 0.123. The first kappa shape index (κ1) is 32.3. The van der Waals surface area contributed by atoms with Gasteiger partial charge >= 0.3 is 5.97 Å². The van der Waals surface area contributed by atoms with Crippen LogP contribution in [-0.2, 0) is 40.0 Å². The standard InChI is InChI=1S/C31H35N3O10/c1-2-15-41-17-18-42-16-7-14-32-25(36)20-43-23-11-6-10-22-26(23)28(38)34(27(22)37)31(13-12-24(35)33-29(31)39)30(40)44-19-21-8-4-3-5-9-21/h3-6,8-11H,2,7,12-20H2,1H3,(H,32,36)(H,33,35,39). The first-order valence-corrected chi connectivity index (χ1v) is 14.4. The van der Waals surface area contributed by atoms with Crippen molar-refractivity contribution in [1.29, 1.82) is 0 Å². The summed E-state index contributed by atoms with van der Waals surface area (Å²) in [6.45, 7) is 3.75. The average molecular weight is 610 g/mol. The van der Waals surface area contributed by atoms with Crippen LogP contribution in [0, 0.1) is 0 Å². The summed E-state index contributed by atoms with van der Waals surface area (Å²) in [6.07, 6.45) is 0.743. The van der Waals surface area contributed by atoms with E-state index in [2.05, 4.69) is 10.6 Å². The Kier molecular flexibility index (Phi) is 11.2. The van der Waals surface area contributed by atoms with Crippen LogP contribution < -0.4 is 15.4 Å². The fourth-order valence-electron chi connectivity index (χ4n) is 4.83. The van der Waals surface area contributed by atoms with Crippen molar-refractivity contribution in [2.75, 3.05) is 39.6 Å². The highest BCUT2D eigenvalue weighted by Gasteiger charge is 2.62. The van der Waals surface area contributed by atoms with Gasteiger partial charge in [-0.15, -0.1) is 0 Å². The van der Waals surface area contributed by atoms with Crippen LogP contribution in [0.3, 0.4) is 0 Å². The van der Waals surface area contributed by atoms with Crippen LogP contribution in [0.4, 0.5) is 0 Å². The van der Waals surface area contributed by atoms with E-state index in [1.165, 1.54) is 18.2 Å². The number of fused-ring (bicyclic) bond motifs is 1. The van der Waals surface area contributed by atoms with Crippen molar-refractivity contribution in [2.45, 2.75) is 44.8 Å². The molecule has 0 aromatic heterocycles. The van der Waals surface area contributed by atoms with Gasteiger partial charge in [0, 0.05) is 26.2 Å². The van der Waals surface area contributed by atoms with E-state index in [9.17, 15) is 28.8 Å². The largest absolute Gasteiger partial charge is 0.483 e. The van der Waals surface area contributed by atoms with E-state index in [1.54, 1.807) is 30.3 Å². The highest BCUT2D eigenvalue weighted by molar-refractivity contribution is 6.29. The van der Waals surface area contributed by atoms with Crippen LogP contribution >= 0.6 is 0 Å². The van der Waals surface area contributed by atoms with Gasteiger partial charge in [-0.05, 0) is 37.0 Å². The Bertz CT molecular complexity index is 1400. The zero-order valence-corrected chi connectivity index (χ0v) is 24.4. The SMILES string of the molecule is CCCOCCOCCCNC(=O)COc1cccc2c1C(=O)N(C1(C(=O)OCc3ccccc3)CCC(=O)NC1=O)C2=O. The number of benzene rings is 2. The molecule has 2 aromatic carbocycles. The molecular weight excluding hydrogens is 574 g/mol. The lowest BCUT2D eigenvalue weighted by molar-refractivity contribution is -0.165. The minimum Gasteiger partial charge on any atom is -0.483 e. The van der Waals surface area contributed by atoms with Gasteiger partial charge in [-0.1, -0.05) is 43.3 Å². The summed E-state index contributed by atoms with van der Waals surface area (Å²) < 4.78 is 21.8. The minimum atomic E-state index is -2.42. The topological polar surface area (TPSA) is 167 Å². The van der Waals surface area contributed by atoms with Crippen molar-refractivity contribution < 1.29 is 47.7 Å². The molecule has 1 saturated heterocycles. The minimum absolute atomic E-state index is 0.0750. The van der Waals surface area contributed by atoms with Gasteiger partial charge in [-0.2, -0.15) is 0 Å². The molecule has 44 heavy (non-hydrogen) atoms. The summed E-state index contributed by atoms with van der Waals surface area (Å²) >= 11 is 0. The molecule has 5 amide bonds. The van der Waals surface area contributed by atoms with Crippen molar-refractivity contribution in [3.05, 3.63) is 65.2 Å². The lowest BCUT2D eigenvalue weighted by atomic mass is 9.86. The molecule has 1 atom stereocenters. The molecule has 2 heterocycles. The summed E-state index contributed by atoms with van der Waals surface area (Å²) in [4.78, 5) is 79.0. The summed E-state index contributed by atoms with van der Waals surface area (Å²) in [5.74, 6) is -5.40. The maximum Gasteiger partial charge on any atom is 0.342 e. The number of imide groups is 2. The molecule has 2 aliphatic heterocycles. The fraction of sp³-hybridized carbons (Fsp3) is 0.419. The summed E-state index contributed by atoms with van der Waals surface area (Å²) in [5, 5.41) is 4.76. The third-order valence-electron chi connectivity index (χ3n) is 7.02. The summed E-state index contributed by atoms with van der Waals surface area (Å²) in [5.41, 5.74) is -2.13. The fourth-order valence-corrected chi connectivity index (χ4v) is 4.83. The van der Waals surface area contributed by atoms with Crippen molar-refractivity contribution in [3.8, 4) is 5.75 Å². The number of esters is 1. The average Bonchev–Trinajstić information content (AvgIpc) is 3.28. The Balaban J connectivity index is 1.42. The molecule has 13 nitrogen and oxygen atoms in total. The molecule has 2 aliphatic rings. The lowest BCUT2D eigenvalue weighted by Gasteiger charge is -2.38. The van der Waals surface area contributed by atoms with Crippen molar-refractivity contribution >= 4 is 35.5 Å². The number of ether oxygens (including phenoxy) is 4. The van der Waals surface area contributed by atoms with Crippen LogP contribution in [0.25, 0.3) is 0 Å². The van der Waals surface area contributed by atoms with Gasteiger partial charge in [0.15, 0.2) is 6.61 Å². The second-order valence-electron chi connectivity index (χ2n) is 10.1. The zero-order chi connectivity index (χ0) is 31.5. The number of hydrogen-bond acceptors (Lipinski definition) is 10. The van der Waals surface area contributed by atoms with Crippen LogP contribution in [-0.4, -0.2) is 85.5 Å². The summed E-state index contributed by atoms with van der Waals surface area (Å²) in [7, 11) is 0.